The van der Waals surface area contributed by atoms with E-state index in [0.29, 0.717) is 12.1 Å². The second kappa shape index (κ2) is 5.12. The molecule has 1 rings (SSSR count). The lowest BCUT2D eigenvalue weighted by atomic mass is 9.91. The number of primary amides is 1. The topological polar surface area (TPSA) is 55.1 Å². The fourth-order valence-electron chi connectivity index (χ4n) is 1.42. The van der Waals surface area contributed by atoms with Crippen molar-refractivity contribution in [3.05, 3.63) is 35.4 Å². The zero-order valence-corrected chi connectivity index (χ0v) is 9.81. The number of hydrogen-bond donors (Lipinski definition) is 2. The first kappa shape index (κ1) is 15.4. The standard InChI is InChI=1S/C11H11F5N2O/c1-10(9(17)19,18-5-11(14,15)16)6-2-3-7(12)8(13)4-6/h2-4,18H,5H2,1H3,(H2,17,19). The Hall–Kier alpha value is -1.70. The maximum Gasteiger partial charge on any atom is 0.401 e. The number of carbonyl (C=O) groups is 1. The van der Waals surface area contributed by atoms with Crippen molar-refractivity contribution in [2.75, 3.05) is 6.54 Å². The fraction of sp³-hybridized carbons (Fsp3) is 0.364. The van der Waals surface area contributed by atoms with Gasteiger partial charge >= 0.3 is 6.18 Å². The Bertz CT molecular complexity index is 488. The van der Waals surface area contributed by atoms with Crippen molar-refractivity contribution in [2.24, 2.45) is 5.73 Å². The van der Waals surface area contributed by atoms with Crippen LogP contribution in [0.1, 0.15) is 12.5 Å². The Balaban J connectivity index is 3.11. The second-order valence-electron chi connectivity index (χ2n) is 4.09. The first-order valence-electron chi connectivity index (χ1n) is 5.13. The van der Waals surface area contributed by atoms with Gasteiger partial charge < -0.3 is 5.73 Å². The quantitative estimate of drug-likeness (QED) is 0.828. The van der Waals surface area contributed by atoms with E-state index in [-0.39, 0.29) is 5.56 Å². The Morgan fingerprint density at radius 3 is 2.26 bits per heavy atom. The van der Waals surface area contributed by atoms with Crippen LogP contribution in [0, 0.1) is 11.6 Å². The van der Waals surface area contributed by atoms with Crippen molar-refractivity contribution in [3.63, 3.8) is 0 Å². The average Bonchev–Trinajstić information content (AvgIpc) is 2.28. The molecule has 3 N–H and O–H groups in total. The summed E-state index contributed by atoms with van der Waals surface area (Å²) in [6.07, 6.45) is -4.57. The van der Waals surface area contributed by atoms with Gasteiger partial charge in [-0.05, 0) is 24.6 Å². The third kappa shape index (κ3) is 3.63. The summed E-state index contributed by atoms with van der Waals surface area (Å²) in [5, 5.41) is 1.91. The van der Waals surface area contributed by atoms with Gasteiger partial charge in [-0.2, -0.15) is 13.2 Å². The van der Waals surface area contributed by atoms with Gasteiger partial charge in [0.15, 0.2) is 11.6 Å². The second-order valence-corrected chi connectivity index (χ2v) is 4.09. The first-order chi connectivity index (χ1) is 8.56. The van der Waals surface area contributed by atoms with Gasteiger partial charge in [-0.25, -0.2) is 8.78 Å². The van der Waals surface area contributed by atoms with E-state index in [1.165, 1.54) is 0 Å². The van der Waals surface area contributed by atoms with Crippen LogP contribution >= 0.6 is 0 Å². The number of rotatable bonds is 4. The zero-order chi connectivity index (χ0) is 14.8. The molecular formula is C11H11F5N2O. The van der Waals surface area contributed by atoms with Crippen LogP contribution in [-0.4, -0.2) is 18.6 Å². The first-order valence-corrected chi connectivity index (χ1v) is 5.13. The van der Waals surface area contributed by atoms with Crippen molar-refractivity contribution >= 4 is 5.91 Å². The highest BCUT2D eigenvalue weighted by Gasteiger charge is 2.38. The molecule has 0 bridgehead atoms. The van der Waals surface area contributed by atoms with Crippen LogP contribution in [0.3, 0.4) is 0 Å². The molecule has 1 amide bonds. The number of nitrogens with one attached hydrogen (secondary N) is 1. The molecule has 0 aliphatic carbocycles. The number of alkyl halides is 3. The molecule has 0 heterocycles. The summed E-state index contributed by atoms with van der Waals surface area (Å²) >= 11 is 0. The molecule has 3 nitrogen and oxygen atoms in total. The van der Waals surface area contributed by atoms with Crippen LogP contribution < -0.4 is 11.1 Å². The molecule has 1 aromatic carbocycles. The number of hydrogen-bond acceptors (Lipinski definition) is 2. The lowest BCUT2D eigenvalue weighted by Crippen LogP contribution is -2.53. The third-order valence-electron chi connectivity index (χ3n) is 2.63. The predicted octanol–water partition coefficient (Wildman–Crippen LogP) is 1.82. The molecule has 19 heavy (non-hydrogen) atoms. The van der Waals surface area contributed by atoms with E-state index >= 15 is 0 Å². The lowest BCUT2D eigenvalue weighted by Gasteiger charge is -2.28. The molecule has 1 aromatic rings. The predicted molar refractivity (Wildman–Crippen MR) is 57.0 cm³/mol. The molecular weight excluding hydrogens is 271 g/mol. The Labute approximate surface area is 105 Å². The summed E-state index contributed by atoms with van der Waals surface area (Å²) in [5.74, 6) is -3.59. The normalized spacial score (nSPS) is 15.1. The number of carbonyl (C=O) groups excluding carboxylic acids is 1. The van der Waals surface area contributed by atoms with Crippen molar-refractivity contribution < 1.29 is 26.7 Å². The van der Waals surface area contributed by atoms with Crippen LogP contribution in [-0.2, 0) is 10.3 Å². The number of amides is 1. The van der Waals surface area contributed by atoms with Crippen LogP contribution in [0.25, 0.3) is 0 Å². The largest absolute Gasteiger partial charge is 0.401 e. The SMILES string of the molecule is CC(NCC(F)(F)F)(C(N)=O)c1ccc(F)c(F)c1. The summed E-state index contributed by atoms with van der Waals surface area (Å²) in [6, 6.07) is 2.33. The van der Waals surface area contributed by atoms with E-state index in [0.717, 1.165) is 13.0 Å². The molecule has 0 aromatic heterocycles. The summed E-state index contributed by atoms with van der Waals surface area (Å²) in [7, 11) is 0. The highest BCUT2D eigenvalue weighted by molar-refractivity contribution is 5.85. The van der Waals surface area contributed by atoms with Gasteiger partial charge in [-0.1, -0.05) is 6.07 Å². The molecule has 106 valence electrons. The molecule has 1 unspecified atom stereocenters. The van der Waals surface area contributed by atoms with Gasteiger partial charge in [0.25, 0.3) is 0 Å². The zero-order valence-electron chi connectivity index (χ0n) is 9.81. The average molecular weight is 282 g/mol. The minimum atomic E-state index is -4.57. The third-order valence-corrected chi connectivity index (χ3v) is 2.63. The summed E-state index contributed by atoms with van der Waals surface area (Å²) in [4.78, 5) is 11.3. The van der Waals surface area contributed by atoms with E-state index in [4.69, 9.17) is 5.73 Å². The van der Waals surface area contributed by atoms with E-state index in [9.17, 15) is 26.7 Å². The maximum atomic E-state index is 13.1. The monoisotopic (exact) mass is 282 g/mol. The van der Waals surface area contributed by atoms with Crippen molar-refractivity contribution in [1.29, 1.82) is 0 Å². The minimum Gasteiger partial charge on any atom is -0.368 e. The van der Waals surface area contributed by atoms with E-state index < -0.39 is 35.8 Å². The highest BCUT2D eigenvalue weighted by Crippen LogP contribution is 2.24. The van der Waals surface area contributed by atoms with E-state index in [1.54, 1.807) is 0 Å². The van der Waals surface area contributed by atoms with Crippen LogP contribution in [0.2, 0.25) is 0 Å². The molecule has 0 aliphatic rings. The Kier molecular flexibility index (Phi) is 4.14. The maximum absolute atomic E-state index is 13.1. The Morgan fingerprint density at radius 2 is 1.84 bits per heavy atom. The summed E-state index contributed by atoms with van der Waals surface area (Å²) in [5.41, 5.74) is 2.89. The molecule has 0 radical (unpaired) electrons. The Morgan fingerprint density at radius 1 is 1.26 bits per heavy atom. The number of nitrogens with two attached hydrogens (primary N) is 1. The number of halogens is 5. The molecule has 8 heteroatoms. The van der Waals surface area contributed by atoms with Crippen LogP contribution in [0.4, 0.5) is 22.0 Å². The number of benzene rings is 1. The van der Waals surface area contributed by atoms with Crippen molar-refractivity contribution in [1.82, 2.24) is 5.32 Å². The molecule has 0 saturated carbocycles. The molecule has 0 spiro atoms. The van der Waals surface area contributed by atoms with Gasteiger partial charge in [0, 0.05) is 0 Å². The van der Waals surface area contributed by atoms with Gasteiger partial charge in [-0.3, -0.25) is 10.1 Å². The minimum absolute atomic E-state index is 0.192. The van der Waals surface area contributed by atoms with Gasteiger partial charge in [0.05, 0.1) is 6.54 Å². The molecule has 0 saturated heterocycles. The molecule has 1 atom stereocenters. The van der Waals surface area contributed by atoms with Gasteiger partial charge in [-0.15, -0.1) is 0 Å². The summed E-state index contributed by atoms with van der Waals surface area (Å²) in [6.45, 7) is -0.431. The van der Waals surface area contributed by atoms with Crippen LogP contribution in [0.15, 0.2) is 18.2 Å². The van der Waals surface area contributed by atoms with Gasteiger partial charge in [0.1, 0.15) is 5.54 Å². The summed E-state index contributed by atoms with van der Waals surface area (Å²) < 4.78 is 62.3. The molecule has 0 aliphatic heterocycles. The van der Waals surface area contributed by atoms with Crippen molar-refractivity contribution in [2.45, 2.75) is 18.6 Å². The highest BCUT2D eigenvalue weighted by atomic mass is 19.4. The lowest BCUT2D eigenvalue weighted by molar-refractivity contribution is -0.135. The van der Waals surface area contributed by atoms with E-state index in [2.05, 4.69) is 0 Å². The van der Waals surface area contributed by atoms with Crippen molar-refractivity contribution in [3.8, 4) is 0 Å². The van der Waals surface area contributed by atoms with Crippen LogP contribution in [0.5, 0.6) is 0 Å². The fourth-order valence-corrected chi connectivity index (χ4v) is 1.42. The van der Waals surface area contributed by atoms with E-state index in [1.807, 2.05) is 5.32 Å². The smallest absolute Gasteiger partial charge is 0.368 e. The molecule has 0 fully saturated rings. The van der Waals surface area contributed by atoms with Gasteiger partial charge in [0.2, 0.25) is 5.91 Å².